The Morgan fingerprint density at radius 2 is 2.14 bits per heavy atom. The van der Waals surface area contributed by atoms with Gasteiger partial charge in [-0.05, 0) is 56.4 Å². The SMILES string of the molecule is Cc1cc2ncn(CCC(NC3CC3)C(=O)O)c2cc1C. The number of rotatable bonds is 6. The molecule has 1 aromatic carbocycles. The molecule has 1 fully saturated rings. The number of carbonyl (C=O) groups is 1. The zero-order valence-electron chi connectivity index (χ0n) is 12.5. The molecule has 1 atom stereocenters. The molecule has 1 aromatic heterocycles. The normalized spacial score (nSPS) is 16.3. The highest BCUT2D eigenvalue weighted by Crippen LogP contribution is 2.21. The summed E-state index contributed by atoms with van der Waals surface area (Å²) >= 11 is 0. The number of benzene rings is 1. The molecule has 0 spiro atoms. The second-order valence-electron chi connectivity index (χ2n) is 5.98. The molecule has 0 amide bonds. The maximum atomic E-state index is 11.3. The van der Waals surface area contributed by atoms with Gasteiger partial charge in [-0.1, -0.05) is 0 Å². The van der Waals surface area contributed by atoms with Gasteiger partial charge in [-0.3, -0.25) is 4.79 Å². The highest BCUT2D eigenvalue weighted by atomic mass is 16.4. The zero-order chi connectivity index (χ0) is 15.0. The Bertz CT molecular complexity index is 673. The van der Waals surface area contributed by atoms with Crippen molar-refractivity contribution < 1.29 is 9.90 Å². The third-order valence-corrected chi connectivity index (χ3v) is 4.21. The average Bonchev–Trinajstić information content (AvgIpc) is 3.18. The number of nitrogens with zero attached hydrogens (tertiary/aromatic N) is 2. The van der Waals surface area contributed by atoms with Gasteiger partial charge in [0.2, 0.25) is 0 Å². The van der Waals surface area contributed by atoms with Gasteiger partial charge in [-0.2, -0.15) is 0 Å². The number of hydrogen-bond donors (Lipinski definition) is 2. The average molecular weight is 287 g/mol. The van der Waals surface area contributed by atoms with Crippen LogP contribution >= 0.6 is 0 Å². The zero-order valence-corrected chi connectivity index (χ0v) is 12.5. The highest BCUT2D eigenvalue weighted by Gasteiger charge is 2.28. The van der Waals surface area contributed by atoms with E-state index < -0.39 is 12.0 Å². The first-order valence-corrected chi connectivity index (χ1v) is 7.45. The maximum absolute atomic E-state index is 11.3. The molecule has 0 bridgehead atoms. The van der Waals surface area contributed by atoms with Crippen molar-refractivity contribution in [3.8, 4) is 0 Å². The Hall–Kier alpha value is -1.88. The van der Waals surface area contributed by atoms with Gasteiger partial charge in [0.25, 0.3) is 0 Å². The fourth-order valence-corrected chi connectivity index (χ4v) is 2.57. The van der Waals surface area contributed by atoms with Crippen LogP contribution in [0, 0.1) is 13.8 Å². The quantitative estimate of drug-likeness (QED) is 0.855. The van der Waals surface area contributed by atoms with Crippen LogP contribution < -0.4 is 5.32 Å². The number of imidazole rings is 1. The number of aromatic nitrogens is 2. The van der Waals surface area contributed by atoms with Gasteiger partial charge in [0.15, 0.2) is 0 Å². The van der Waals surface area contributed by atoms with Crippen LogP contribution in [0.15, 0.2) is 18.5 Å². The molecule has 2 aromatic rings. The second kappa shape index (κ2) is 5.48. The minimum absolute atomic E-state index is 0.399. The highest BCUT2D eigenvalue weighted by molar-refractivity contribution is 5.77. The van der Waals surface area contributed by atoms with Gasteiger partial charge >= 0.3 is 5.97 Å². The van der Waals surface area contributed by atoms with Gasteiger partial charge in [-0.25, -0.2) is 4.98 Å². The van der Waals surface area contributed by atoms with E-state index in [0.717, 1.165) is 23.9 Å². The van der Waals surface area contributed by atoms with E-state index >= 15 is 0 Å². The number of fused-ring (bicyclic) bond motifs is 1. The standard InChI is InChI=1S/C16H21N3O2/c1-10-7-14-15(8-11(10)2)19(9-17-14)6-5-13(16(20)21)18-12-3-4-12/h7-9,12-13,18H,3-6H2,1-2H3,(H,20,21). The van der Waals surface area contributed by atoms with E-state index in [-0.39, 0.29) is 0 Å². The predicted molar refractivity (Wildman–Crippen MR) is 81.4 cm³/mol. The van der Waals surface area contributed by atoms with E-state index in [0.29, 0.717) is 19.0 Å². The number of aryl methyl sites for hydroxylation is 3. The Morgan fingerprint density at radius 1 is 1.43 bits per heavy atom. The summed E-state index contributed by atoms with van der Waals surface area (Å²) in [6.07, 6.45) is 4.57. The number of carboxylic acids is 1. The van der Waals surface area contributed by atoms with Crippen molar-refractivity contribution in [3.63, 3.8) is 0 Å². The van der Waals surface area contributed by atoms with E-state index in [9.17, 15) is 9.90 Å². The Morgan fingerprint density at radius 3 is 2.81 bits per heavy atom. The van der Waals surface area contributed by atoms with Gasteiger partial charge in [-0.15, -0.1) is 0 Å². The first-order chi connectivity index (χ1) is 10.0. The Labute approximate surface area is 124 Å². The minimum atomic E-state index is -0.765. The molecule has 1 heterocycles. The molecule has 112 valence electrons. The van der Waals surface area contributed by atoms with E-state index in [4.69, 9.17) is 0 Å². The summed E-state index contributed by atoms with van der Waals surface area (Å²) in [4.78, 5) is 15.7. The smallest absolute Gasteiger partial charge is 0.320 e. The molecule has 0 saturated heterocycles. The van der Waals surface area contributed by atoms with Crippen LogP contribution in [0.1, 0.15) is 30.4 Å². The number of hydrogen-bond acceptors (Lipinski definition) is 3. The third kappa shape index (κ3) is 3.08. The lowest BCUT2D eigenvalue weighted by molar-refractivity contribution is -0.139. The molecule has 0 radical (unpaired) electrons. The van der Waals surface area contributed by atoms with Crippen molar-refractivity contribution in [2.45, 2.75) is 51.7 Å². The van der Waals surface area contributed by atoms with Crippen molar-refractivity contribution in [1.29, 1.82) is 0 Å². The topological polar surface area (TPSA) is 67.2 Å². The van der Waals surface area contributed by atoms with Crippen LogP contribution in [0.5, 0.6) is 0 Å². The monoisotopic (exact) mass is 287 g/mol. The van der Waals surface area contributed by atoms with Crippen molar-refractivity contribution >= 4 is 17.0 Å². The van der Waals surface area contributed by atoms with E-state index in [1.807, 2.05) is 4.57 Å². The van der Waals surface area contributed by atoms with Gasteiger partial charge < -0.3 is 15.0 Å². The van der Waals surface area contributed by atoms with Gasteiger partial charge in [0, 0.05) is 12.6 Å². The molecule has 2 N–H and O–H groups in total. The molecular weight excluding hydrogens is 266 g/mol. The molecule has 1 aliphatic rings. The lowest BCUT2D eigenvalue weighted by Crippen LogP contribution is -2.38. The molecule has 0 aliphatic heterocycles. The molecule has 1 saturated carbocycles. The third-order valence-electron chi connectivity index (χ3n) is 4.21. The van der Waals surface area contributed by atoms with Crippen LogP contribution in [-0.2, 0) is 11.3 Å². The van der Waals surface area contributed by atoms with Gasteiger partial charge in [0.05, 0.1) is 17.4 Å². The molecule has 1 aliphatic carbocycles. The summed E-state index contributed by atoms with van der Waals surface area (Å²) in [6, 6.07) is 4.14. The maximum Gasteiger partial charge on any atom is 0.320 e. The van der Waals surface area contributed by atoms with E-state index in [2.05, 4.69) is 36.3 Å². The van der Waals surface area contributed by atoms with Crippen LogP contribution in [-0.4, -0.2) is 32.7 Å². The summed E-state index contributed by atoms with van der Waals surface area (Å²) < 4.78 is 2.05. The van der Waals surface area contributed by atoms with Crippen LogP contribution in [0.3, 0.4) is 0 Å². The van der Waals surface area contributed by atoms with Crippen molar-refractivity contribution in [2.24, 2.45) is 0 Å². The van der Waals surface area contributed by atoms with Crippen LogP contribution in [0.2, 0.25) is 0 Å². The summed E-state index contributed by atoms with van der Waals surface area (Å²) in [7, 11) is 0. The molecule has 5 heteroatoms. The fourth-order valence-electron chi connectivity index (χ4n) is 2.57. The van der Waals surface area contributed by atoms with Crippen molar-refractivity contribution in [2.75, 3.05) is 0 Å². The van der Waals surface area contributed by atoms with Crippen molar-refractivity contribution in [1.82, 2.24) is 14.9 Å². The summed E-state index contributed by atoms with van der Waals surface area (Å²) in [5, 5.41) is 12.5. The van der Waals surface area contributed by atoms with Gasteiger partial charge in [0.1, 0.15) is 6.04 Å². The first kappa shape index (κ1) is 14.1. The fraction of sp³-hybridized carbons (Fsp3) is 0.500. The second-order valence-corrected chi connectivity index (χ2v) is 5.98. The van der Waals surface area contributed by atoms with Crippen LogP contribution in [0.4, 0.5) is 0 Å². The predicted octanol–water partition coefficient (Wildman–Crippen LogP) is 2.25. The van der Waals surface area contributed by atoms with Crippen LogP contribution in [0.25, 0.3) is 11.0 Å². The molecule has 3 rings (SSSR count). The molecule has 1 unspecified atom stereocenters. The molecule has 5 nitrogen and oxygen atoms in total. The van der Waals surface area contributed by atoms with Crippen molar-refractivity contribution in [3.05, 3.63) is 29.6 Å². The van der Waals surface area contributed by atoms with E-state index in [1.54, 1.807) is 6.33 Å². The number of nitrogens with one attached hydrogen (secondary N) is 1. The summed E-state index contributed by atoms with van der Waals surface area (Å²) in [6.45, 7) is 4.82. The summed E-state index contributed by atoms with van der Waals surface area (Å²) in [5.74, 6) is -0.765. The summed E-state index contributed by atoms with van der Waals surface area (Å²) in [5.41, 5.74) is 4.51. The minimum Gasteiger partial charge on any atom is -0.480 e. The Balaban J connectivity index is 1.74. The Kier molecular flexibility index (Phi) is 3.68. The lowest BCUT2D eigenvalue weighted by atomic mass is 10.1. The molecule has 21 heavy (non-hydrogen) atoms. The van der Waals surface area contributed by atoms with E-state index in [1.165, 1.54) is 11.1 Å². The largest absolute Gasteiger partial charge is 0.480 e. The number of aliphatic carboxylic acids is 1. The number of carboxylic acid groups (broad SMARTS) is 1. The first-order valence-electron chi connectivity index (χ1n) is 7.45. The lowest BCUT2D eigenvalue weighted by Gasteiger charge is -2.14. The molecular formula is C16H21N3O2.